The Morgan fingerprint density at radius 3 is 2.81 bits per heavy atom. The quantitative estimate of drug-likeness (QED) is 0.534. The minimum atomic E-state index is -0.121. The van der Waals surface area contributed by atoms with Crippen molar-refractivity contribution in [3.8, 4) is 5.75 Å². The first kappa shape index (κ1) is 19.1. The van der Waals surface area contributed by atoms with E-state index in [1.54, 1.807) is 17.8 Å². The van der Waals surface area contributed by atoms with Crippen LogP contribution in [0.3, 0.4) is 0 Å². The van der Waals surface area contributed by atoms with E-state index in [0.29, 0.717) is 24.5 Å². The van der Waals surface area contributed by atoms with E-state index in [1.165, 1.54) is 0 Å². The molecule has 0 aromatic heterocycles. The molecule has 1 atom stereocenters. The van der Waals surface area contributed by atoms with Gasteiger partial charge in [-0.1, -0.05) is 23.7 Å². The number of carbonyl (C=O) groups excluding carboxylic acids is 1. The predicted molar refractivity (Wildman–Crippen MR) is 105 cm³/mol. The number of benzene rings is 2. The summed E-state index contributed by atoms with van der Waals surface area (Å²) in [6.07, 6.45) is 2.21. The van der Waals surface area contributed by atoms with Crippen LogP contribution in [0.15, 0.2) is 53.4 Å². The lowest BCUT2D eigenvalue weighted by Crippen LogP contribution is -2.26. The van der Waals surface area contributed by atoms with Crippen LogP contribution < -0.4 is 10.1 Å². The molecule has 0 bridgehead atoms. The third-order valence-electron chi connectivity index (χ3n) is 4.05. The van der Waals surface area contributed by atoms with Crippen LogP contribution in [-0.2, 0) is 4.74 Å². The molecule has 138 valence electrons. The topological polar surface area (TPSA) is 47.6 Å². The van der Waals surface area contributed by atoms with Crippen LogP contribution in [0.4, 0.5) is 0 Å². The molecule has 2 aromatic carbocycles. The van der Waals surface area contributed by atoms with Gasteiger partial charge in [-0.2, -0.15) is 0 Å². The highest BCUT2D eigenvalue weighted by molar-refractivity contribution is 7.99. The van der Waals surface area contributed by atoms with Gasteiger partial charge in [0.15, 0.2) is 0 Å². The highest BCUT2D eigenvalue weighted by Crippen LogP contribution is 2.21. The molecule has 1 amide bonds. The van der Waals surface area contributed by atoms with Crippen molar-refractivity contribution in [3.05, 3.63) is 59.1 Å². The molecule has 4 nitrogen and oxygen atoms in total. The SMILES string of the molecule is O=C(NCCSc1ccc(Cl)cc1)c1ccccc1OC[C@H]1CCCO1. The lowest BCUT2D eigenvalue weighted by atomic mass is 10.2. The number of hydrogen-bond donors (Lipinski definition) is 1. The molecule has 0 unspecified atom stereocenters. The number of hydrogen-bond acceptors (Lipinski definition) is 4. The summed E-state index contributed by atoms with van der Waals surface area (Å²) in [5.41, 5.74) is 0.557. The molecule has 6 heteroatoms. The molecule has 1 aliphatic heterocycles. The molecule has 1 N–H and O–H groups in total. The number of rotatable bonds is 8. The third-order valence-corrected chi connectivity index (χ3v) is 5.32. The molecule has 2 aromatic rings. The fraction of sp³-hybridized carbons (Fsp3) is 0.350. The first-order valence-electron chi connectivity index (χ1n) is 8.72. The molecule has 1 saturated heterocycles. The van der Waals surface area contributed by atoms with Gasteiger partial charge in [-0.15, -0.1) is 11.8 Å². The van der Waals surface area contributed by atoms with Crippen molar-refractivity contribution < 1.29 is 14.3 Å². The van der Waals surface area contributed by atoms with E-state index < -0.39 is 0 Å². The Balaban J connectivity index is 1.46. The standard InChI is InChI=1S/C20H22ClNO3S/c21-15-7-9-17(10-8-15)26-13-11-22-20(23)18-5-1-2-6-19(18)25-14-16-4-3-12-24-16/h1-2,5-10,16H,3-4,11-14H2,(H,22,23)/t16-/m1/s1. The molecular formula is C20H22ClNO3S. The van der Waals surface area contributed by atoms with Gasteiger partial charge >= 0.3 is 0 Å². The molecule has 0 radical (unpaired) electrons. The average molecular weight is 392 g/mol. The summed E-state index contributed by atoms with van der Waals surface area (Å²) < 4.78 is 11.4. The first-order chi connectivity index (χ1) is 12.7. The van der Waals surface area contributed by atoms with E-state index in [2.05, 4.69) is 5.32 Å². The molecule has 1 heterocycles. The van der Waals surface area contributed by atoms with E-state index >= 15 is 0 Å². The zero-order valence-electron chi connectivity index (χ0n) is 14.4. The van der Waals surface area contributed by atoms with Crippen molar-refractivity contribution in [1.82, 2.24) is 5.32 Å². The summed E-state index contributed by atoms with van der Waals surface area (Å²) >= 11 is 7.55. The molecular weight excluding hydrogens is 370 g/mol. The Morgan fingerprint density at radius 1 is 1.23 bits per heavy atom. The molecule has 0 spiro atoms. The van der Waals surface area contributed by atoms with Crippen LogP contribution in [0.25, 0.3) is 0 Å². The van der Waals surface area contributed by atoms with E-state index in [0.717, 1.165) is 35.1 Å². The van der Waals surface area contributed by atoms with Crippen molar-refractivity contribution >= 4 is 29.3 Å². The van der Waals surface area contributed by atoms with E-state index in [4.69, 9.17) is 21.1 Å². The van der Waals surface area contributed by atoms with Gasteiger partial charge in [-0.3, -0.25) is 4.79 Å². The van der Waals surface area contributed by atoms with Crippen molar-refractivity contribution in [1.29, 1.82) is 0 Å². The highest BCUT2D eigenvalue weighted by atomic mass is 35.5. The second kappa shape index (κ2) is 9.86. The number of halogens is 1. The fourth-order valence-electron chi connectivity index (χ4n) is 2.70. The Morgan fingerprint density at radius 2 is 2.04 bits per heavy atom. The zero-order chi connectivity index (χ0) is 18.2. The largest absolute Gasteiger partial charge is 0.490 e. The summed E-state index contributed by atoms with van der Waals surface area (Å²) in [6.45, 7) is 1.85. The number of para-hydroxylation sites is 1. The van der Waals surface area contributed by atoms with E-state index in [1.807, 2.05) is 42.5 Å². The predicted octanol–water partition coefficient (Wildman–Crippen LogP) is 4.42. The first-order valence-corrected chi connectivity index (χ1v) is 10.1. The van der Waals surface area contributed by atoms with Crippen molar-refractivity contribution in [3.63, 3.8) is 0 Å². The van der Waals surface area contributed by atoms with Gasteiger partial charge in [-0.25, -0.2) is 0 Å². The Hall–Kier alpha value is -1.69. The van der Waals surface area contributed by atoms with E-state index in [9.17, 15) is 4.79 Å². The summed E-state index contributed by atoms with van der Waals surface area (Å²) in [5, 5.41) is 3.68. The Kier molecular flexibility index (Phi) is 7.23. The van der Waals surface area contributed by atoms with Crippen LogP contribution in [0.5, 0.6) is 5.75 Å². The summed E-state index contributed by atoms with van der Waals surface area (Å²) in [5.74, 6) is 1.27. The molecule has 1 aliphatic rings. The maximum Gasteiger partial charge on any atom is 0.255 e. The monoisotopic (exact) mass is 391 g/mol. The minimum absolute atomic E-state index is 0.121. The van der Waals surface area contributed by atoms with Crippen LogP contribution >= 0.6 is 23.4 Å². The van der Waals surface area contributed by atoms with Crippen molar-refractivity contribution in [2.75, 3.05) is 25.5 Å². The zero-order valence-corrected chi connectivity index (χ0v) is 16.0. The number of nitrogens with one attached hydrogen (secondary N) is 1. The lowest BCUT2D eigenvalue weighted by Gasteiger charge is -2.14. The van der Waals surface area contributed by atoms with Gasteiger partial charge in [0, 0.05) is 28.8 Å². The minimum Gasteiger partial charge on any atom is -0.490 e. The van der Waals surface area contributed by atoms with Crippen LogP contribution in [0.1, 0.15) is 23.2 Å². The number of amides is 1. The van der Waals surface area contributed by atoms with Gasteiger partial charge in [0.05, 0.1) is 11.7 Å². The van der Waals surface area contributed by atoms with Gasteiger partial charge < -0.3 is 14.8 Å². The van der Waals surface area contributed by atoms with Gasteiger partial charge in [0.2, 0.25) is 0 Å². The Bertz CT molecular complexity index is 717. The van der Waals surface area contributed by atoms with E-state index in [-0.39, 0.29) is 12.0 Å². The summed E-state index contributed by atoms with van der Waals surface area (Å²) in [6, 6.07) is 15.0. The average Bonchev–Trinajstić information content (AvgIpc) is 3.19. The third kappa shape index (κ3) is 5.66. The van der Waals surface area contributed by atoms with Crippen LogP contribution in [-0.4, -0.2) is 37.5 Å². The number of thioether (sulfide) groups is 1. The summed E-state index contributed by atoms with van der Waals surface area (Å²) in [4.78, 5) is 13.6. The molecule has 1 fully saturated rings. The van der Waals surface area contributed by atoms with Gasteiger partial charge in [0.25, 0.3) is 5.91 Å². The maximum atomic E-state index is 12.5. The van der Waals surface area contributed by atoms with Crippen LogP contribution in [0, 0.1) is 0 Å². The van der Waals surface area contributed by atoms with Crippen molar-refractivity contribution in [2.45, 2.75) is 23.8 Å². The van der Waals surface area contributed by atoms with Crippen molar-refractivity contribution in [2.24, 2.45) is 0 Å². The second-order valence-corrected chi connectivity index (χ2v) is 7.61. The second-order valence-electron chi connectivity index (χ2n) is 6.00. The molecule has 26 heavy (non-hydrogen) atoms. The fourth-order valence-corrected chi connectivity index (χ4v) is 3.59. The molecule has 0 aliphatic carbocycles. The number of carbonyl (C=O) groups is 1. The highest BCUT2D eigenvalue weighted by Gasteiger charge is 2.18. The molecule has 0 saturated carbocycles. The lowest BCUT2D eigenvalue weighted by molar-refractivity contribution is 0.0671. The smallest absolute Gasteiger partial charge is 0.255 e. The molecule has 3 rings (SSSR count). The Labute approximate surface area is 163 Å². The normalized spacial score (nSPS) is 16.4. The summed E-state index contributed by atoms with van der Waals surface area (Å²) in [7, 11) is 0. The van der Waals surface area contributed by atoms with Gasteiger partial charge in [-0.05, 0) is 49.2 Å². The maximum absolute atomic E-state index is 12.5. The van der Waals surface area contributed by atoms with Crippen LogP contribution in [0.2, 0.25) is 5.02 Å². The van der Waals surface area contributed by atoms with Gasteiger partial charge in [0.1, 0.15) is 12.4 Å². The number of ether oxygens (including phenoxy) is 2.